The average Bonchev–Trinajstić information content (AvgIpc) is 2.90. The molecule has 0 amide bonds. The van der Waals surface area contributed by atoms with Gasteiger partial charge >= 0.3 is 0 Å². The summed E-state index contributed by atoms with van der Waals surface area (Å²) in [4.78, 5) is 0. The van der Waals surface area contributed by atoms with Gasteiger partial charge in [0.15, 0.2) is 0 Å². The van der Waals surface area contributed by atoms with E-state index in [1.165, 1.54) is 77.0 Å². The highest BCUT2D eigenvalue weighted by Crippen LogP contribution is 2.50. The average molecular weight is 489 g/mol. The van der Waals surface area contributed by atoms with E-state index in [4.69, 9.17) is 5.11 Å². The molecule has 0 bridgehead atoms. The third kappa shape index (κ3) is 9.65. The van der Waals surface area contributed by atoms with E-state index in [0.29, 0.717) is 6.61 Å². The fourth-order valence-electron chi connectivity index (χ4n) is 9.04. The van der Waals surface area contributed by atoms with Crippen molar-refractivity contribution < 1.29 is 5.11 Å². The number of hydrogen-bond donors (Lipinski definition) is 1. The van der Waals surface area contributed by atoms with Gasteiger partial charge in [-0.25, -0.2) is 0 Å². The molecule has 6 unspecified atom stereocenters. The molecule has 0 radical (unpaired) electrons. The van der Waals surface area contributed by atoms with Crippen molar-refractivity contribution in [2.24, 2.45) is 47.3 Å². The molecule has 0 aromatic heterocycles. The van der Waals surface area contributed by atoms with Crippen LogP contribution in [0.4, 0.5) is 0 Å². The van der Waals surface area contributed by atoms with Gasteiger partial charge in [0, 0.05) is 6.61 Å². The minimum absolute atomic E-state index is 0.383. The third-order valence-electron chi connectivity index (χ3n) is 11.3. The summed E-state index contributed by atoms with van der Waals surface area (Å²) in [6.07, 6.45) is 32.2. The molecule has 35 heavy (non-hydrogen) atoms. The summed E-state index contributed by atoms with van der Waals surface area (Å²) in [5.74, 6) is 8.16. The summed E-state index contributed by atoms with van der Waals surface area (Å²) >= 11 is 0. The topological polar surface area (TPSA) is 20.2 Å². The highest BCUT2D eigenvalue weighted by atomic mass is 16.2. The van der Waals surface area contributed by atoms with Crippen LogP contribution >= 0.6 is 0 Å². The van der Waals surface area contributed by atoms with E-state index in [1.807, 2.05) is 0 Å². The van der Waals surface area contributed by atoms with Crippen LogP contribution < -0.4 is 0 Å². The van der Waals surface area contributed by atoms with Gasteiger partial charge in [-0.15, -0.1) is 0 Å². The molecule has 3 saturated carbocycles. The second-order valence-electron chi connectivity index (χ2n) is 13.6. The number of hydrogen-bond acceptors (Lipinski definition) is 1. The Kier molecular flexibility index (Phi) is 14.1. The van der Waals surface area contributed by atoms with Gasteiger partial charge in [0.2, 0.25) is 0 Å². The lowest BCUT2D eigenvalue weighted by Gasteiger charge is -2.46. The highest BCUT2D eigenvalue weighted by Gasteiger charge is 2.40. The van der Waals surface area contributed by atoms with Crippen LogP contribution in [0.25, 0.3) is 0 Å². The van der Waals surface area contributed by atoms with Gasteiger partial charge in [0.25, 0.3) is 0 Å². The van der Waals surface area contributed by atoms with Crippen molar-refractivity contribution in [3.05, 3.63) is 0 Å². The Bertz CT molecular complexity index is 521. The molecule has 0 saturated heterocycles. The van der Waals surface area contributed by atoms with Gasteiger partial charge in [-0.3, -0.25) is 0 Å². The summed E-state index contributed by atoms with van der Waals surface area (Å²) < 4.78 is 0. The molecule has 206 valence electrons. The van der Waals surface area contributed by atoms with E-state index in [1.54, 1.807) is 57.8 Å². The molecule has 0 aliphatic heterocycles. The first-order valence-electron chi connectivity index (χ1n) is 16.8. The van der Waals surface area contributed by atoms with Crippen molar-refractivity contribution >= 4 is 0 Å². The number of aliphatic hydroxyl groups excluding tert-OH is 1. The molecule has 1 nitrogen and oxygen atoms in total. The van der Waals surface area contributed by atoms with Crippen LogP contribution in [0.1, 0.15) is 162 Å². The zero-order valence-corrected chi connectivity index (χ0v) is 24.3. The highest BCUT2D eigenvalue weighted by molar-refractivity contribution is 4.90. The summed E-state index contributed by atoms with van der Waals surface area (Å²) in [5, 5.41) is 9.15. The molecular weight excluding hydrogens is 424 g/mol. The maximum absolute atomic E-state index is 9.15. The number of rotatable bonds is 15. The van der Waals surface area contributed by atoms with Crippen molar-refractivity contribution in [3.8, 4) is 0 Å². The van der Waals surface area contributed by atoms with Crippen molar-refractivity contribution in [3.63, 3.8) is 0 Å². The van der Waals surface area contributed by atoms with Crippen LogP contribution in [0.3, 0.4) is 0 Å². The fourth-order valence-corrected chi connectivity index (χ4v) is 9.04. The smallest absolute Gasteiger partial charge is 0.0431 e. The Morgan fingerprint density at radius 2 is 0.943 bits per heavy atom. The Morgan fingerprint density at radius 3 is 1.49 bits per heavy atom. The molecule has 1 N–H and O–H groups in total. The minimum atomic E-state index is 0.383. The van der Waals surface area contributed by atoms with Crippen LogP contribution in [0.5, 0.6) is 0 Å². The summed E-state index contributed by atoms with van der Waals surface area (Å²) in [6.45, 7) is 7.69. The van der Waals surface area contributed by atoms with Gasteiger partial charge in [-0.2, -0.15) is 0 Å². The van der Waals surface area contributed by atoms with Gasteiger partial charge in [0.1, 0.15) is 0 Å². The lowest BCUT2D eigenvalue weighted by Crippen LogP contribution is -2.37. The molecule has 3 aliphatic carbocycles. The van der Waals surface area contributed by atoms with E-state index >= 15 is 0 Å². The van der Waals surface area contributed by atoms with Gasteiger partial charge in [-0.05, 0) is 79.4 Å². The molecule has 0 aromatic rings. The largest absolute Gasteiger partial charge is 0.396 e. The SMILES string of the molecule is CCCCCCC1CCC(CCC2CCC(C3CCC(CCCCO)CC3CC)C(CC)C2)CC1. The molecule has 0 spiro atoms. The monoisotopic (exact) mass is 488 g/mol. The minimum Gasteiger partial charge on any atom is -0.396 e. The Labute approximate surface area is 221 Å². The molecule has 3 aliphatic rings. The standard InChI is InChI=1S/C34H64O/c1-4-7-8-9-12-27-14-16-28(17-15-27)18-19-30-21-23-34(32(6-3)26-30)33-22-20-29(13-10-11-24-35)25-31(33)5-2/h27-35H,4-26H2,1-3H3. The zero-order valence-electron chi connectivity index (χ0n) is 24.3. The first-order chi connectivity index (χ1) is 17.2. The van der Waals surface area contributed by atoms with E-state index in [0.717, 1.165) is 53.8 Å². The third-order valence-corrected chi connectivity index (χ3v) is 11.3. The normalized spacial score (nSPS) is 36.3. The quantitative estimate of drug-likeness (QED) is 0.227. The molecule has 1 heteroatoms. The Balaban J connectivity index is 1.37. The summed E-state index contributed by atoms with van der Waals surface area (Å²) in [6, 6.07) is 0. The van der Waals surface area contributed by atoms with E-state index in [2.05, 4.69) is 20.8 Å². The molecule has 0 heterocycles. The molecular formula is C34H64O. The van der Waals surface area contributed by atoms with Crippen LogP contribution in [0.2, 0.25) is 0 Å². The maximum Gasteiger partial charge on any atom is 0.0431 e. The van der Waals surface area contributed by atoms with E-state index in [9.17, 15) is 0 Å². The number of aliphatic hydroxyl groups is 1. The number of unbranched alkanes of at least 4 members (excludes halogenated alkanes) is 4. The fraction of sp³-hybridized carbons (Fsp3) is 1.00. The van der Waals surface area contributed by atoms with Crippen LogP contribution in [-0.2, 0) is 0 Å². The van der Waals surface area contributed by atoms with Crippen molar-refractivity contribution in [1.29, 1.82) is 0 Å². The van der Waals surface area contributed by atoms with Crippen molar-refractivity contribution in [1.82, 2.24) is 0 Å². The first-order valence-corrected chi connectivity index (χ1v) is 16.8. The molecule has 6 atom stereocenters. The van der Waals surface area contributed by atoms with Crippen molar-refractivity contribution in [2.75, 3.05) is 6.61 Å². The first kappa shape index (κ1) is 29.5. The maximum atomic E-state index is 9.15. The molecule has 3 rings (SSSR count). The zero-order chi connectivity index (χ0) is 24.9. The van der Waals surface area contributed by atoms with Crippen LogP contribution in [-0.4, -0.2) is 11.7 Å². The predicted molar refractivity (Wildman–Crippen MR) is 154 cm³/mol. The molecule has 0 aromatic carbocycles. The second kappa shape index (κ2) is 16.7. The van der Waals surface area contributed by atoms with E-state index in [-0.39, 0.29) is 0 Å². The van der Waals surface area contributed by atoms with Gasteiger partial charge in [-0.1, -0.05) is 130 Å². The van der Waals surface area contributed by atoms with E-state index < -0.39 is 0 Å². The Morgan fingerprint density at radius 1 is 0.486 bits per heavy atom. The van der Waals surface area contributed by atoms with Crippen molar-refractivity contribution in [2.45, 2.75) is 162 Å². The van der Waals surface area contributed by atoms with Gasteiger partial charge in [0.05, 0.1) is 0 Å². The summed E-state index contributed by atoms with van der Waals surface area (Å²) in [7, 11) is 0. The molecule has 3 fully saturated rings. The van der Waals surface area contributed by atoms with Crippen LogP contribution in [0.15, 0.2) is 0 Å². The Hall–Kier alpha value is -0.0400. The predicted octanol–water partition coefficient (Wildman–Crippen LogP) is 10.6. The lowest BCUT2D eigenvalue weighted by atomic mass is 9.59. The second-order valence-corrected chi connectivity index (χ2v) is 13.6. The van der Waals surface area contributed by atoms with Crippen LogP contribution in [0, 0.1) is 47.3 Å². The summed E-state index contributed by atoms with van der Waals surface area (Å²) in [5.41, 5.74) is 0. The van der Waals surface area contributed by atoms with Gasteiger partial charge < -0.3 is 5.11 Å². The lowest BCUT2D eigenvalue weighted by molar-refractivity contribution is 0.0373.